The number of carbonyl (C=O) groups is 1. The van der Waals surface area contributed by atoms with E-state index in [1.165, 1.54) is 0 Å². The standard InChI is InChI=1S/C14H20ClNO/c1-3-13(9-10-15)16-14(17)11(2)12-7-5-4-6-8-12/h4-8,11,13H,3,9-10H2,1-2H3,(H,16,17). The van der Waals surface area contributed by atoms with Gasteiger partial charge in [-0.3, -0.25) is 4.79 Å². The SMILES string of the molecule is CCC(CCCl)NC(=O)C(C)c1ccccc1. The summed E-state index contributed by atoms with van der Waals surface area (Å²) in [4.78, 5) is 12.0. The molecule has 2 nitrogen and oxygen atoms in total. The Hall–Kier alpha value is -1.02. The zero-order chi connectivity index (χ0) is 12.7. The van der Waals surface area contributed by atoms with Crippen LogP contribution in [0.3, 0.4) is 0 Å². The van der Waals surface area contributed by atoms with Gasteiger partial charge in [-0.2, -0.15) is 0 Å². The molecule has 1 rings (SSSR count). The number of hydrogen-bond acceptors (Lipinski definition) is 1. The summed E-state index contributed by atoms with van der Waals surface area (Å²) < 4.78 is 0. The lowest BCUT2D eigenvalue weighted by Crippen LogP contribution is -2.37. The normalized spacial score (nSPS) is 14.1. The number of benzene rings is 1. The molecule has 0 aliphatic rings. The highest BCUT2D eigenvalue weighted by molar-refractivity contribution is 6.17. The topological polar surface area (TPSA) is 29.1 Å². The second kappa shape index (κ2) is 7.33. The van der Waals surface area contributed by atoms with Crippen LogP contribution in [0.25, 0.3) is 0 Å². The van der Waals surface area contributed by atoms with Crippen molar-refractivity contribution in [3.05, 3.63) is 35.9 Å². The second-order valence-corrected chi connectivity index (χ2v) is 4.60. The van der Waals surface area contributed by atoms with Gasteiger partial charge in [0.25, 0.3) is 0 Å². The van der Waals surface area contributed by atoms with E-state index in [1.807, 2.05) is 37.3 Å². The Bertz CT molecular complexity index is 339. The third kappa shape index (κ3) is 4.39. The van der Waals surface area contributed by atoms with E-state index in [0.29, 0.717) is 5.88 Å². The Labute approximate surface area is 108 Å². The van der Waals surface area contributed by atoms with Gasteiger partial charge in [0.15, 0.2) is 0 Å². The summed E-state index contributed by atoms with van der Waals surface area (Å²) >= 11 is 5.70. The van der Waals surface area contributed by atoms with Gasteiger partial charge >= 0.3 is 0 Å². The molecule has 2 unspecified atom stereocenters. The van der Waals surface area contributed by atoms with Crippen LogP contribution in [0.4, 0.5) is 0 Å². The number of rotatable bonds is 6. The monoisotopic (exact) mass is 253 g/mol. The lowest BCUT2D eigenvalue weighted by atomic mass is 10.00. The first kappa shape index (κ1) is 14.0. The number of carbonyl (C=O) groups excluding carboxylic acids is 1. The molecule has 0 radical (unpaired) electrons. The smallest absolute Gasteiger partial charge is 0.227 e. The minimum Gasteiger partial charge on any atom is -0.353 e. The Morgan fingerprint density at radius 2 is 2.00 bits per heavy atom. The van der Waals surface area contributed by atoms with E-state index in [9.17, 15) is 4.79 Å². The van der Waals surface area contributed by atoms with E-state index >= 15 is 0 Å². The number of halogens is 1. The number of nitrogens with one attached hydrogen (secondary N) is 1. The number of hydrogen-bond donors (Lipinski definition) is 1. The van der Waals surface area contributed by atoms with Crippen molar-refractivity contribution in [1.82, 2.24) is 5.32 Å². The van der Waals surface area contributed by atoms with Crippen LogP contribution in [-0.4, -0.2) is 17.8 Å². The molecule has 1 aromatic carbocycles. The Balaban J connectivity index is 2.58. The lowest BCUT2D eigenvalue weighted by molar-refractivity contribution is -0.122. The fourth-order valence-corrected chi connectivity index (χ4v) is 1.99. The van der Waals surface area contributed by atoms with Crippen molar-refractivity contribution in [2.45, 2.75) is 38.6 Å². The minimum atomic E-state index is -0.111. The minimum absolute atomic E-state index is 0.0770. The van der Waals surface area contributed by atoms with Gasteiger partial charge in [0.05, 0.1) is 5.92 Å². The molecule has 0 bridgehead atoms. The Morgan fingerprint density at radius 1 is 1.35 bits per heavy atom. The molecule has 0 spiro atoms. The van der Waals surface area contributed by atoms with Crippen LogP contribution < -0.4 is 5.32 Å². The molecule has 3 heteroatoms. The highest BCUT2D eigenvalue weighted by Gasteiger charge is 2.17. The summed E-state index contributed by atoms with van der Waals surface area (Å²) in [5.41, 5.74) is 1.05. The van der Waals surface area contributed by atoms with Crippen molar-refractivity contribution in [1.29, 1.82) is 0 Å². The van der Waals surface area contributed by atoms with E-state index in [0.717, 1.165) is 18.4 Å². The molecule has 1 amide bonds. The third-order valence-corrected chi connectivity index (χ3v) is 3.21. The number of amides is 1. The second-order valence-electron chi connectivity index (χ2n) is 4.22. The molecule has 0 aromatic heterocycles. The van der Waals surface area contributed by atoms with Crippen LogP contribution in [0, 0.1) is 0 Å². The van der Waals surface area contributed by atoms with Gasteiger partial charge in [0.1, 0.15) is 0 Å². The average Bonchev–Trinajstić information content (AvgIpc) is 2.38. The third-order valence-electron chi connectivity index (χ3n) is 2.99. The largest absolute Gasteiger partial charge is 0.353 e. The quantitative estimate of drug-likeness (QED) is 0.775. The summed E-state index contributed by atoms with van der Waals surface area (Å²) in [6.07, 6.45) is 1.74. The fourth-order valence-electron chi connectivity index (χ4n) is 1.73. The molecule has 17 heavy (non-hydrogen) atoms. The van der Waals surface area contributed by atoms with Crippen LogP contribution in [0.1, 0.15) is 38.2 Å². The van der Waals surface area contributed by atoms with Gasteiger partial charge in [-0.15, -0.1) is 11.6 Å². The van der Waals surface area contributed by atoms with Gasteiger partial charge in [-0.1, -0.05) is 37.3 Å². The first-order valence-electron chi connectivity index (χ1n) is 6.10. The summed E-state index contributed by atoms with van der Waals surface area (Å²) in [5.74, 6) is 0.548. The predicted octanol–water partition coefficient (Wildman–Crippen LogP) is 3.31. The predicted molar refractivity (Wildman–Crippen MR) is 72.4 cm³/mol. The lowest BCUT2D eigenvalue weighted by Gasteiger charge is -2.19. The van der Waals surface area contributed by atoms with Crippen molar-refractivity contribution < 1.29 is 4.79 Å². The molecule has 0 saturated heterocycles. The van der Waals surface area contributed by atoms with Crippen molar-refractivity contribution in [3.63, 3.8) is 0 Å². The highest BCUT2D eigenvalue weighted by atomic mass is 35.5. The van der Waals surface area contributed by atoms with E-state index in [4.69, 9.17) is 11.6 Å². The maximum atomic E-state index is 12.0. The van der Waals surface area contributed by atoms with Gasteiger partial charge in [0, 0.05) is 11.9 Å². The van der Waals surface area contributed by atoms with Gasteiger partial charge in [-0.05, 0) is 25.3 Å². The van der Waals surface area contributed by atoms with Crippen LogP contribution in [0.5, 0.6) is 0 Å². The zero-order valence-corrected chi connectivity index (χ0v) is 11.2. The first-order chi connectivity index (χ1) is 8.19. The van der Waals surface area contributed by atoms with Gasteiger partial charge in [-0.25, -0.2) is 0 Å². The average molecular weight is 254 g/mol. The summed E-state index contributed by atoms with van der Waals surface area (Å²) in [6, 6.07) is 10.0. The molecule has 94 valence electrons. The Kier molecular flexibility index (Phi) is 6.06. The van der Waals surface area contributed by atoms with Gasteiger partial charge in [0.2, 0.25) is 5.91 Å². The molecule has 2 atom stereocenters. The molecule has 0 aliphatic carbocycles. The summed E-state index contributed by atoms with van der Waals surface area (Å²) in [5, 5.41) is 3.04. The Morgan fingerprint density at radius 3 is 2.53 bits per heavy atom. The number of alkyl halides is 1. The molecule has 1 aromatic rings. The van der Waals surface area contributed by atoms with E-state index in [1.54, 1.807) is 0 Å². The molecule has 0 saturated carbocycles. The van der Waals surface area contributed by atoms with Crippen molar-refractivity contribution in [3.8, 4) is 0 Å². The maximum Gasteiger partial charge on any atom is 0.227 e. The van der Waals surface area contributed by atoms with Crippen LogP contribution >= 0.6 is 11.6 Å². The van der Waals surface area contributed by atoms with Crippen LogP contribution in [-0.2, 0) is 4.79 Å². The molecular formula is C14H20ClNO. The van der Waals surface area contributed by atoms with Crippen molar-refractivity contribution >= 4 is 17.5 Å². The summed E-state index contributed by atoms with van der Waals surface area (Å²) in [7, 11) is 0. The first-order valence-corrected chi connectivity index (χ1v) is 6.63. The van der Waals surface area contributed by atoms with E-state index in [-0.39, 0.29) is 17.9 Å². The zero-order valence-electron chi connectivity index (χ0n) is 10.4. The van der Waals surface area contributed by atoms with Gasteiger partial charge < -0.3 is 5.32 Å². The molecule has 0 aliphatic heterocycles. The molecular weight excluding hydrogens is 234 g/mol. The molecule has 0 heterocycles. The highest BCUT2D eigenvalue weighted by Crippen LogP contribution is 2.15. The van der Waals surface area contributed by atoms with Crippen LogP contribution in [0.15, 0.2) is 30.3 Å². The van der Waals surface area contributed by atoms with Crippen molar-refractivity contribution in [2.75, 3.05) is 5.88 Å². The summed E-state index contributed by atoms with van der Waals surface area (Å²) in [6.45, 7) is 3.99. The van der Waals surface area contributed by atoms with E-state index in [2.05, 4.69) is 12.2 Å². The van der Waals surface area contributed by atoms with Crippen molar-refractivity contribution in [2.24, 2.45) is 0 Å². The van der Waals surface area contributed by atoms with E-state index < -0.39 is 0 Å². The molecule has 1 N–H and O–H groups in total. The maximum absolute atomic E-state index is 12.0. The molecule has 0 fully saturated rings. The fraction of sp³-hybridized carbons (Fsp3) is 0.500. The van der Waals surface area contributed by atoms with Crippen LogP contribution in [0.2, 0.25) is 0 Å².